The lowest BCUT2D eigenvalue weighted by molar-refractivity contribution is -0.115. The number of carbonyl (C=O) groups excluding carboxylic acids is 1. The molecule has 1 aromatic carbocycles. The molecule has 0 heterocycles. The minimum Gasteiger partial charge on any atom is -0.380 e. The highest BCUT2D eigenvalue weighted by Gasteiger charge is 2.27. The van der Waals surface area contributed by atoms with Crippen LogP contribution in [0.3, 0.4) is 0 Å². The molecule has 2 N–H and O–H groups in total. The summed E-state index contributed by atoms with van der Waals surface area (Å²) < 4.78 is 5.38. The molecule has 2 atom stereocenters. The number of anilines is 1. The van der Waals surface area contributed by atoms with Gasteiger partial charge in [-0.2, -0.15) is 0 Å². The Morgan fingerprint density at radius 1 is 1.35 bits per heavy atom. The normalized spacial score (nSPS) is 21.9. The lowest BCUT2D eigenvalue weighted by Gasteiger charge is -2.19. The van der Waals surface area contributed by atoms with Gasteiger partial charge in [0.15, 0.2) is 0 Å². The molecule has 4 nitrogen and oxygen atoms in total. The van der Waals surface area contributed by atoms with Crippen molar-refractivity contribution in [3.8, 4) is 0 Å². The molecule has 6 heteroatoms. The fourth-order valence-electron chi connectivity index (χ4n) is 2.47. The Morgan fingerprint density at radius 3 is 2.70 bits per heavy atom. The summed E-state index contributed by atoms with van der Waals surface area (Å²) in [4.78, 5) is 11.9. The summed E-state index contributed by atoms with van der Waals surface area (Å²) in [6, 6.07) is 5.34. The van der Waals surface area contributed by atoms with Crippen LogP contribution in [0.1, 0.15) is 19.3 Å². The predicted molar refractivity (Wildman–Crippen MR) is 81.5 cm³/mol. The van der Waals surface area contributed by atoms with Gasteiger partial charge in [0.05, 0.1) is 28.4 Å². The molecule has 1 aliphatic carbocycles. The number of ether oxygens (including phenoxy) is 1. The first-order valence-electron chi connectivity index (χ1n) is 6.62. The van der Waals surface area contributed by atoms with E-state index in [1.807, 2.05) is 0 Å². The zero-order valence-corrected chi connectivity index (χ0v) is 12.8. The summed E-state index contributed by atoms with van der Waals surface area (Å²) in [6.45, 7) is 0.214. The second-order valence-electron chi connectivity index (χ2n) is 4.84. The molecule has 1 saturated carbocycles. The van der Waals surface area contributed by atoms with Crippen LogP contribution in [0.2, 0.25) is 10.0 Å². The van der Waals surface area contributed by atoms with Gasteiger partial charge in [-0.05, 0) is 31.4 Å². The molecule has 20 heavy (non-hydrogen) atoms. The Hall–Kier alpha value is -0.810. The third-order valence-electron chi connectivity index (χ3n) is 3.51. The number of carbonyl (C=O) groups is 1. The average molecular weight is 317 g/mol. The summed E-state index contributed by atoms with van der Waals surface area (Å²) in [5.41, 5.74) is 0.456. The molecule has 1 fully saturated rings. The van der Waals surface area contributed by atoms with Gasteiger partial charge in [0, 0.05) is 13.2 Å². The molecule has 0 aliphatic heterocycles. The minimum atomic E-state index is -0.165. The third-order valence-corrected chi connectivity index (χ3v) is 4.14. The van der Waals surface area contributed by atoms with Crippen LogP contribution in [0.15, 0.2) is 18.2 Å². The van der Waals surface area contributed by atoms with Crippen molar-refractivity contribution in [3.05, 3.63) is 28.2 Å². The van der Waals surface area contributed by atoms with Gasteiger partial charge in [0.2, 0.25) is 5.91 Å². The number of hydrogen-bond donors (Lipinski definition) is 2. The van der Waals surface area contributed by atoms with Crippen LogP contribution in [0, 0.1) is 0 Å². The molecular weight excluding hydrogens is 299 g/mol. The molecule has 0 bridgehead atoms. The number of amides is 1. The Kier molecular flexibility index (Phi) is 5.66. The van der Waals surface area contributed by atoms with Crippen LogP contribution in [-0.4, -0.2) is 31.7 Å². The standard InChI is InChI=1S/C14H18Cl2N2O2/c1-20-12-7-3-6-11(12)17-8-13(19)18-14-9(15)4-2-5-10(14)16/h2,4-5,11-12,17H,3,6-8H2,1H3,(H,18,19). The van der Waals surface area contributed by atoms with E-state index in [1.54, 1.807) is 25.3 Å². The second kappa shape index (κ2) is 7.27. The topological polar surface area (TPSA) is 50.4 Å². The number of hydrogen-bond acceptors (Lipinski definition) is 3. The molecule has 1 aromatic rings. The van der Waals surface area contributed by atoms with E-state index < -0.39 is 0 Å². The third kappa shape index (κ3) is 3.85. The maximum absolute atomic E-state index is 11.9. The maximum atomic E-state index is 11.9. The number of para-hydroxylation sites is 1. The number of benzene rings is 1. The Labute approximate surface area is 128 Å². The van der Waals surface area contributed by atoms with Crippen LogP contribution in [0.25, 0.3) is 0 Å². The Balaban J connectivity index is 1.87. The molecule has 110 valence electrons. The highest BCUT2D eigenvalue weighted by atomic mass is 35.5. The van der Waals surface area contributed by atoms with Crippen molar-refractivity contribution in [1.29, 1.82) is 0 Å². The molecule has 1 aliphatic rings. The first-order chi connectivity index (χ1) is 9.61. The summed E-state index contributed by atoms with van der Waals surface area (Å²) in [7, 11) is 1.70. The zero-order chi connectivity index (χ0) is 14.5. The first kappa shape index (κ1) is 15.6. The van der Waals surface area contributed by atoms with E-state index in [0.29, 0.717) is 15.7 Å². The molecule has 0 spiro atoms. The van der Waals surface area contributed by atoms with Crippen molar-refractivity contribution in [2.75, 3.05) is 19.0 Å². The highest BCUT2D eigenvalue weighted by Crippen LogP contribution is 2.29. The van der Waals surface area contributed by atoms with Crippen LogP contribution in [0.4, 0.5) is 5.69 Å². The molecule has 0 aromatic heterocycles. The largest absolute Gasteiger partial charge is 0.380 e. The predicted octanol–water partition coefficient (Wildman–Crippen LogP) is 3.09. The van der Waals surface area contributed by atoms with Gasteiger partial charge >= 0.3 is 0 Å². The Morgan fingerprint density at radius 2 is 2.05 bits per heavy atom. The summed E-state index contributed by atoms with van der Waals surface area (Å²) >= 11 is 12.0. The number of rotatable bonds is 5. The van der Waals surface area contributed by atoms with Gasteiger partial charge < -0.3 is 15.4 Å². The lowest BCUT2D eigenvalue weighted by Crippen LogP contribution is -2.41. The van der Waals surface area contributed by atoms with E-state index in [0.717, 1.165) is 19.3 Å². The van der Waals surface area contributed by atoms with E-state index in [9.17, 15) is 4.79 Å². The smallest absolute Gasteiger partial charge is 0.238 e. The second-order valence-corrected chi connectivity index (χ2v) is 5.65. The summed E-state index contributed by atoms with van der Waals surface area (Å²) in [5.74, 6) is -0.165. The number of methoxy groups -OCH3 is 1. The van der Waals surface area contributed by atoms with Crippen LogP contribution in [0.5, 0.6) is 0 Å². The van der Waals surface area contributed by atoms with Crippen LogP contribution in [-0.2, 0) is 9.53 Å². The van der Waals surface area contributed by atoms with E-state index in [2.05, 4.69) is 10.6 Å². The summed E-state index contributed by atoms with van der Waals surface area (Å²) in [5, 5.41) is 6.81. The molecular formula is C14H18Cl2N2O2. The van der Waals surface area contributed by atoms with Gasteiger partial charge in [-0.1, -0.05) is 29.3 Å². The van der Waals surface area contributed by atoms with Gasteiger partial charge in [-0.3, -0.25) is 4.79 Å². The fraction of sp³-hybridized carbons (Fsp3) is 0.500. The van der Waals surface area contributed by atoms with E-state index in [-0.39, 0.29) is 24.6 Å². The molecule has 2 unspecified atom stereocenters. The van der Waals surface area contributed by atoms with Crippen molar-refractivity contribution >= 4 is 34.8 Å². The number of nitrogens with one attached hydrogen (secondary N) is 2. The van der Waals surface area contributed by atoms with Crippen molar-refractivity contribution < 1.29 is 9.53 Å². The average Bonchev–Trinajstić information content (AvgIpc) is 2.88. The molecule has 1 amide bonds. The van der Waals surface area contributed by atoms with Crippen molar-refractivity contribution in [2.45, 2.75) is 31.4 Å². The minimum absolute atomic E-state index is 0.165. The van der Waals surface area contributed by atoms with Gasteiger partial charge in [-0.25, -0.2) is 0 Å². The quantitative estimate of drug-likeness (QED) is 0.877. The van der Waals surface area contributed by atoms with Crippen molar-refractivity contribution in [2.24, 2.45) is 0 Å². The van der Waals surface area contributed by atoms with Gasteiger partial charge in [-0.15, -0.1) is 0 Å². The maximum Gasteiger partial charge on any atom is 0.238 e. The van der Waals surface area contributed by atoms with Crippen LogP contribution < -0.4 is 10.6 Å². The molecule has 2 rings (SSSR count). The van der Waals surface area contributed by atoms with E-state index in [4.69, 9.17) is 27.9 Å². The SMILES string of the molecule is COC1CCCC1NCC(=O)Nc1c(Cl)cccc1Cl. The summed E-state index contributed by atoms with van der Waals surface area (Å²) in [6.07, 6.45) is 3.37. The van der Waals surface area contributed by atoms with Gasteiger partial charge in [0.1, 0.15) is 0 Å². The lowest BCUT2D eigenvalue weighted by atomic mass is 10.2. The number of halogens is 2. The monoisotopic (exact) mass is 316 g/mol. The first-order valence-corrected chi connectivity index (χ1v) is 7.37. The van der Waals surface area contributed by atoms with Crippen LogP contribution >= 0.6 is 23.2 Å². The molecule has 0 saturated heterocycles. The van der Waals surface area contributed by atoms with E-state index >= 15 is 0 Å². The highest BCUT2D eigenvalue weighted by molar-refractivity contribution is 6.39. The fourth-order valence-corrected chi connectivity index (χ4v) is 2.96. The van der Waals surface area contributed by atoms with Crippen molar-refractivity contribution in [3.63, 3.8) is 0 Å². The van der Waals surface area contributed by atoms with E-state index in [1.165, 1.54) is 0 Å². The van der Waals surface area contributed by atoms with Gasteiger partial charge in [0.25, 0.3) is 0 Å². The zero-order valence-electron chi connectivity index (χ0n) is 11.3. The van der Waals surface area contributed by atoms with Crippen molar-refractivity contribution in [1.82, 2.24) is 5.32 Å². The molecule has 0 radical (unpaired) electrons. The Bertz CT molecular complexity index is 462.